The second kappa shape index (κ2) is 10.6. The molecular formula is C16H34N2O4+2. The summed E-state index contributed by atoms with van der Waals surface area (Å²) in [6.45, 7) is 10.2. The van der Waals surface area contributed by atoms with Crippen LogP contribution in [0.2, 0.25) is 0 Å². The van der Waals surface area contributed by atoms with Crippen LogP contribution >= 0.6 is 0 Å². The van der Waals surface area contributed by atoms with Gasteiger partial charge in [-0.1, -0.05) is 27.7 Å². The van der Waals surface area contributed by atoms with Crippen LogP contribution in [0.25, 0.3) is 0 Å². The van der Waals surface area contributed by atoms with Gasteiger partial charge in [0.15, 0.2) is 12.1 Å². The molecule has 0 rings (SSSR count). The van der Waals surface area contributed by atoms with Gasteiger partial charge in [0.1, 0.15) is 6.10 Å². The Kier molecular flexibility index (Phi) is 10.0. The van der Waals surface area contributed by atoms with E-state index >= 15 is 0 Å². The third kappa shape index (κ3) is 9.73. The van der Waals surface area contributed by atoms with Crippen molar-refractivity contribution < 1.29 is 30.5 Å². The van der Waals surface area contributed by atoms with Crippen molar-refractivity contribution in [3.05, 3.63) is 0 Å². The van der Waals surface area contributed by atoms with E-state index in [0.29, 0.717) is 31.1 Å². The monoisotopic (exact) mass is 318 g/mol. The Morgan fingerprint density at radius 1 is 0.864 bits per heavy atom. The average Bonchev–Trinajstić information content (AvgIpc) is 2.36. The molecule has 0 aromatic rings. The van der Waals surface area contributed by atoms with Gasteiger partial charge in [-0.05, 0) is 18.8 Å². The van der Waals surface area contributed by atoms with Crippen molar-refractivity contribution in [1.29, 1.82) is 0 Å². The molecule has 0 spiro atoms. The summed E-state index contributed by atoms with van der Waals surface area (Å²) in [6, 6.07) is -0.687. The van der Waals surface area contributed by atoms with E-state index in [1.807, 2.05) is 27.7 Å². The fraction of sp³-hybridized carbons (Fsp3) is 0.875. The summed E-state index contributed by atoms with van der Waals surface area (Å²) >= 11 is 0. The van der Waals surface area contributed by atoms with Crippen LogP contribution in [-0.4, -0.2) is 36.7 Å². The maximum absolute atomic E-state index is 11.8. The van der Waals surface area contributed by atoms with Gasteiger partial charge < -0.3 is 20.9 Å². The zero-order chi connectivity index (χ0) is 17.3. The highest BCUT2D eigenvalue weighted by atomic mass is 16.6. The molecule has 0 fully saturated rings. The summed E-state index contributed by atoms with van der Waals surface area (Å²) in [5.41, 5.74) is 7.63. The van der Waals surface area contributed by atoms with Crippen molar-refractivity contribution in [2.24, 2.45) is 11.8 Å². The van der Waals surface area contributed by atoms with Crippen LogP contribution in [0.3, 0.4) is 0 Å². The largest absolute Gasteiger partial charge is 0.461 e. The predicted octanol–water partition coefficient (Wildman–Crippen LogP) is 0.165. The van der Waals surface area contributed by atoms with Crippen LogP contribution in [0.5, 0.6) is 0 Å². The van der Waals surface area contributed by atoms with Crippen molar-refractivity contribution in [2.45, 2.75) is 72.1 Å². The molecule has 0 saturated heterocycles. The molecule has 3 atom stereocenters. The first-order valence-corrected chi connectivity index (χ1v) is 8.16. The smallest absolute Gasteiger partial charge is 0.365 e. The first-order valence-electron chi connectivity index (χ1n) is 8.16. The maximum atomic E-state index is 11.8. The van der Waals surface area contributed by atoms with Gasteiger partial charge in [-0.3, -0.25) is 0 Å². The minimum atomic E-state index is -0.347. The molecule has 0 heterocycles. The second-order valence-electron chi connectivity index (χ2n) is 6.86. The van der Waals surface area contributed by atoms with Crippen molar-refractivity contribution in [3.63, 3.8) is 0 Å². The van der Waals surface area contributed by atoms with Crippen LogP contribution in [0.1, 0.15) is 53.9 Å². The normalized spacial score (nSPS) is 15.5. The Bertz CT molecular complexity index is 345. The highest BCUT2D eigenvalue weighted by molar-refractivity contribution is 5.74. The number of quaternary nitrogens is 2. The molecule has 0 amide bonds. The molecule has 6 N–H and O–H groups in total. The molecule has 6 nitrogen and oxygen atoms in total. The predicted molar refractivity (Wildman–Crippen MR) is 83.4 cm³/mol. The quantitative estimate of drug-likeness (QED) is 0.559. The molecule has 0 aliphatic rings. The van der Waals surface area contributed by atoms with Gasteiger partial charge in [-0.25, -0.2) is 9.59 Å². The number of rotatable bonds is 10. The maximum Gasteiger partial charge on any atom is 0.365 e. The number of ether oxygens (including phenoxy) is 2. The van der Waals surface area contributed by atoms with Gasteiger partial charge in [0, 0.05) is 19.3 Å². The third-order valence-corrected chi connectivity index (χ3v) is 3.26. The molecule has 0 radical (unpaired) electrons. The molecule has 130 valence electrons. The zero-order valence-corrected chi connectivity index (χ0v) is 14.8. The Morgan fingerprint density at radius 3 is 1.77 bits per heavy atom. The molecule has 0 aromatic heterocycles. The number of esters is 2. The summed E-state index contributed by atoms with van der Waals surface area (Å²) < 4.78 is 10.5. The first kappa shape index (κ1) is 20.9. The van der Waals surface area contributed by atoms with Crippen molar-refractivity contribution in [3.8, 4) is 0 Å². The van der Waals surface area contributed by atoms with Crippen molar-refractivity contribution in [2.75, 3.05) is 6.61 Å². The van der Waals surface area contributed by atoms with E-state index in [1.54, 1.807) is 6.92 Å². The van der Waals surface area contributed by atoms with Gasteiger partial charge in [0.2, 0.25) is 0 Å². The molecule has 22 heavy (non-hydrogen) atoms. The van der Waals surface area contributed by atoms with Gasteiger partial charge >= 0.3 is 11.9 Å². The van der Waals surface area contributed by atoms with Gasteiger partial charge in [-0.15, -0.1) is 0 Å². The average molecular weight is 318 g/mol. The molecular weight excluding hydrogens is 284 g/mol. The second-order valence-corrected chi connectivity index (χ2v) is 6.86. The molecule has 0 aliphatic carbocycles. The van der Waals surface area contributed by atoms with Crippen LogP contribution in [0.15, 0.2) is 0 Å². The lowest BCUT2D eigenvalue weighted by Crippen LogP contribution is -2.66. The lowest BCUT2D eigenvalue weighted by molar-refractivity contribution is -0.412. The van der Waals surface area contributed by atoms with E-state index in [0.717, 1.165) is 0 Å². The van der Waals surface area contributed by atoms with Gasteiger partial charge in [-0.2, -0.15) is 0 Å². The minimum Gasteiger partial charge on any atom is -0.461 e. The highest BCUT2D eigenvalue weighted by Gasteiger charge is 2.23. The lowest BCUT2D eigenvalue weighted by atomic mass is 10.0. The van der Waals surface area contributed by atoms with Crippen molar-refractivity contribution in [1.82, 2.24) is 0 Å². The fourth-order valence-electron chi connectivity index (χ4n) is 2.13. The summed E-state index contributed by atoms with van der Waals surface area (Å²) in [5, 5.41) is 0. The van der Waals surface area contributed by atoms with E-state index in [-0.39, 0.29) is 36.7 Å². The Labute approximate surface area is 133 Å². The summed E-state index contributed by atoms with van der Waals surface area (Å²) in [6.07, 6.45) is 1.62. The Hall–Kier alpha value is -1.14. The minimum absolute atomic E-state index is 0.239. The van der Waals surface area contributed by atoms with E-state index in [1.165, 1.54) is 0 Å². The Morgan fingerprint density at radius 2 is 1.32 bits per heavy atom. The number of hydrogen-bond donors (Lipinski definition) is 2. The molecule has 0 unspecified atom stereocenters. The van der Waals surface area contributed by atoms with E-state index in [2.05, 4.69) is 11.5 Å². The van der Waals surface area contributed by atoms with Crippen LogP contribution in [-0.2, 0) is 19.1 Å². The van der Waals surface area contributed by atoms with Gasteiger partial charge in [0.25, 0.3) is 0 Å². The zero-order valence-electron chi connectivity index (χ0n) is 14.8. The van der Waals surface area contributed by atoms with Crippen LogP contribution in [0, 0.1) is 11.8 Å². The fourth-order valence-corrected chi connectivity index (χ4v) is 2.13. The number of hydrogen-bond acceptors (Lipinski definition) is 4. The van der Waals surface area contributed by atoms with E-state index < -0.39 is 0 Å². The standard InChI is InChI=1S/C16H32N2O4/c1-10(2)8-13(17)15(19)21-7-6-12(5)22-16(20)14(18)9-11(3)4/h10-14H,6-9,17-18H2,1-5H3/p+2/t12-,13-,14-/m1/s1. The van der Waals surface area contributed by atoms with Gasteiger partial charge in [0.05, 0.1) is 6.61 Å². The summed E-state index contributed by atoms with van der Waals surface area (Å²) in [4.78, 5) is 23.5. The molecule has 0 saturated carbocycles. The molecule has 0 aromatic carbocycles. The van der Waals surface area contributed by atoms with Crippen LogP contribution < -0.4 is 11.5 Å². The van der Waals surface area contributed by atoms with Crippen molar-refractivity contribution >= 4 is 11.9 Å². The third-order valence-electron chi connectivity index (χ3n) is 3.26. The molecule has 6 heteroatoms. The SMILES string of the molecule is CC(C)C[C@@H]([NH3+])C(=O)OCC[C@@H](C)OC(=O)[C@H]([NH3+])CC(C)C. The summed E-state index contributed by atoms with van der Waals surface area (Å²) in [7, 11) is 0. The molecule has 0 aliphatic heterocycles. The van der Waals surface area contributed by atoms with E-state index in [9.17, 15) is 9.59 Å². The van der Waals surface area contributed by atoms with E-state index in [4.69, 9.17) is 9.47 Å². The summed E-state index contributed by atoms with van der Waals surface area (Å²) in [5.74, 6) is 0.232. The Balaban J connectivity index is 3.96. The number of carbonyl (C=O) groups excluding carboxylic acids is 2. The highest BCUT2D eigenvalue weighted by Crippen LogP contribution is 2.07. The lowest BCUT2D eigenvalue weighted by Gasteiger charge is -2.16. The number of carbonyl (C=O) groups is 2. The molecule has 0 bridgehead atoms. The topological polar surface area (TPSA) is 108 Å². The first-order chi connectivity index (χ1) is 10.1. The van der Waals surface area contributed by atoms with Crippen LogP contribution in [0.4, 0.5) is 0 Å².